The summed E-state index contributed by atoms with van der Waals surface area (Å²) in [4.78, 5) is 27.5. The molecule has 0 aliphatic rings. The van der Waals surface area contributed by atoms with Gasteiger partial charge in [0.2, 0.25) is 21.8 Å². The highest BCUT2D eigenvalue weighted by atomic mass is 35.5. The van der Waals surface area contributed by atoms with Gasteiger partial charge >= 0.3 is 0 Å². The highest BCUT2D eigenvalue weighted by Gasteiger charge is 2.31. The molecule has 2 rings (SSSR count). The first-order chi connectivity index (χ1) is 15.5. The van der Waals surface area contributed by atoms with Crippen molar-refractivity contribution in [2.45, 2.75) is 46.2 Å². The molecule has 1 N–H and O–H groups in total. The molecule has 0 saturated carbocycles. The van der Waals surface area contributed by atoms with Crippen LogP contribution in [0.5, 0.6) is 0 Å². The predicted octanol–water partition coefficient (Wildman–Crippen LogP) is 3.78. The van der Waals surface area contributed by atoms with Crippen LogP contribution in [0.3, 0.4) is 0 Å². The molecule has 33 heavy (non-hydrogen) atoms. The highest BCUT2D eigenvalue weighted by Crippen LogP contribution is 2.29. The second-order valence-corrected chi connectivity index (χ2v) is 10.5. The molecule has 2 aromatic rings. The zero-order valence-electron chi connectivity index (χ0n) is 19.7. The van der Waals surface area contributed by atoms with E-state index in [4.69, 9.17) is 11.6 Å². The number of likely N-dealkylation sites (N-methyl/N-ethyl adjacent to an activating group) is 1. The third-order valence-electron chi connectivity index (χ3n) is 5.32. The predicted molar refractivity (Wildman–Crippen MR) is 133 cm³/mol. The van der Waals surface area contributed by atoms with Crippen molar-refractivity contribution in [2.24, 2.45) is 0 Å². The molecule has 180 valence electrons. The highest BCUT2D eigenvalue weighted by molar-refractivity contribution is 7.92. The molecule has 0 bridgehead atoms. The van der Waals surface area contributed by atoms with Gasteiger partial charge < -0.3 is 10.2 Å². The number of nitrogens with zero attached hydrogens (tertiary/aromatic N) is 2. The summed E-state index contributed by atoms with van der Waals surface area (Å²) in [6.45, 7) is 7.38. The fourth-order valence-corrected chi connectivity index (χ4v) is 4.58. The first-order valence-corrected chi connectivity index (χ1v) is 13.1. The van der Waals surface area contributed by atoms with Gasteiger partial charge in [-0.2, -0.15) is 0 Å². The van der Waals surface area contributed by atoms with Crippen LogP contribution < -0.4 is 9.62 Å². The fraction of sp³-hybridized carbons (Fsp3) is 0.417. The molecule has 0 saturated heterocycles. The molecule has 2 amide bonds. The van der Waals surface area contributed by atoms with Gasteiger partial charge in [0, 0.05) is 18.1 Å². The standard InChI is InChI=1S/C24H32ClN3O4S/c1-6-26-24(30)18(4)27(15-19-11-7-9-13-21(19)25)23(29)16-28(33(5,31)32)22-14-10-8-12-20(22)17(2)3/h7-14,17-18H,6,15-16H2,1-5H3,(H,26,30). The van der Waals surface area contributed by atoms with Gasteiger partial charge in [0.1, 0.15) is 12.6 Å². The van der Waals surface area contributed by atoms with Crippen LogP contribution in [0.2, 0.25) is 5.02 Å². The van der Waals surface area contributed by atoms with Crippen LogP contribution in [-0.4, -0.2) is 50.5 Å². The molecule has 0 radical (unpaired) electrons. The number of halogens is 1. The number of para-hydroxylation sites is 1. The first kappa shape index (κ1) is 26.7. The van der Waals surface area contributed by atoms with Gasteiger partial charge in [-0.05, 0) is 43.0 Å². The molecule has 7 nitrogen and oxygen atoms in total. The number of hydrogen-bond donors (Lipinski definition) is 1. The lowest BCUT2D eigenvalue weighted by molar-refractivity contribution is -0.139. The van der Waals surface area contributed by atoms with E-state index in [0.29, 0.717) is 22.8 Å². The average Bonchev–Trinajstić information content (AvgIpc) is 2.75. The van der Waals surface area contributed by atoms with E-state index in [1.807, 2.05) is 26.0 Å². The van der Waals surface area contributed by atoms with Crippen molar-refractivity contribution >= 4 is 39.1 Å². The number of hydrogen-bond acceptors (Lipinski definition) is 4. The fourth-order valence-electron chi connectivity index (χ4n) is 3.51. The number of nitrogens with one attached hydrogen (secondary N) is 1. The summed E-state index contributed by atoms with van der Waals surface area (Å²) in [5.74, 6) is -0.780. The maximum atomic E-state index is 13.5. The van der Waals surface area contributed by atoms with Crippen molar-refractivity contribution < 1.29 is 18.0 Å². The molecule has 9 heteroatoms. The minimum atomic E-state index is -3.78. The van der Waals surface area contributed by atoms with E-state index in [-0.39, 0.29) is 18.4 Å². The molecule has 1 unspecified atom stereocenters. The Kier molecular flexibility index (Phi) is 9.31. The van der Waals surface area contributed by atoms with Crippen molar-refractivity contribution in [1.82, 2.24) is 10.2 Å². The van der Waals surface area contributed by atoms with Crippen LogP contribution in [-0.2, 0) is 26.2 Å². The van der Waals surface area contributed by atoms with Crippen molar-refractivity contribution in [2.75, 3.05) is 23.7 Å². The molecular formula is C24H32ClN3O4S. The van der Waals surface area contributed by atoms with Crippen LogP contribution >= 0.6 is 11.6 Å². The Balaban J connectivity index is 2.47. The largest absolute Gasteiger partial charge is 0.355 e. The average molecular weight is 494 g/mol. The lowest BCUT2D eigenvalue weighted by atomic mass is 10.0. The topological polar surface area (TPSA) is 86.8 Å². The van der Waals surface area contributed by atoms with Crippen LogP contribution in [0.1, 0.15) is 44.7 Å². The van der Waals surface area contributed by atoms with E-state index in [0.717, 1.165) is 16.1 Å². The molecule has 1 atom stereocenters. The summed E-state index contributed by atoms with van der Waals surface area (Å²) in [5, 5.41) is 3.18. The van der Waals surface area contributed by atoms with E-state index in [1.165, 1.54) is 4.90 Å². The summed E-state index contributed by atoms with van der Waals surface area (Å²) >= 11 is 6.30. The molecule has 0 heterocycles. The van der Waals surface area contributed by atoms with E-state index in [2.05, 4.69) is 5.32 Å². The summed E-state index contributed by atoms with van der Waals surface area (Å²) in [5.41, 5.74) is 1.93. The van der Waals surface area contributed by atoms with Gasteiger partial charge in [0.05, 0.1) is 11.9 Å². The number of carbonyl (C=O) groups is 2. The number of amides is 2. The molecule has 0 aliphatic carbocycles. The third-order valence-corrected chi connectivity index (χ3v) is 6.82. The van der Waals surface area contributed by atoms with Gasteiger partial charge in [0.15, 0.2) is 0 Å². The summed E-state index contributed by atoms with van der Waals surface area (Å²) in [7, 11) is -3.78. The Morgan fingerprint density at radius 2 is 1.64 bits per heavy atom. The summed E-state index contributed by atoms with van der Waals surface area (Å²) < 4.78 is 26.6. The van der Waals surface area contributed by atoms with Crippen molar-refractivity contribution in [3.05, 3.63) is 64.7 Å². The maximum Gasteiger partial charge on any atom is 0.244 e. The second kappa shape index (κ2) is 11.5. The number of carbonyl (C=O) groups excluding carboxylic acids is 2. The number of sulfonamides is 1. The first-order valence-electron chi connectivity index (χ1n) is 10.8. The Morgan fingerprint density at radius 3 is 2.21 bits per heavy atom. The lowest BCUT2D eigenvalue weighted by Gasteiger charge is -2.32. The van der Waals surface area contributed by atoms with Crippen molar-refractivity contribution in [3.63, 3.8) is 0 Å². The number of anilines is 1. The molecule has 0 aromatic heterocycles. The van der Waals surface area contributed by atoms with Crippen LogP contribution in [0.4, 0.5) is 5.69 Å². The van der Waals surface area contributed by atoms with E-state index < -0.39 is 28.5 Å². The normalized spacial score (nSPS) is 12.3. The Hall–Kier alpha value is -2.58. The van der Waals surface area contributed by atoms with Gasteiger partial charge in [0.25, 0.3) is 0 Å². The molecule has 0 spiro atoms. The quantitative estimate of drug-likeness (QED) is 0.545. The van der Waals surface area contributed by atoms with Crippen LogP contribution in [0, 0.1) is 0 Å². The summed E-state index contributed by atoms with van der Waals surface area (Å²) in [6.07, 6.45) is 1.07. The van der Waals surface area contributed by atoms with E-state index in [9.17, 15) is 18.0 Å². The number of benzene rings is 2. The molecule has 2 aromatic carbocycles. The monoisotopic (exact) mass is 493 g/mol. The third kappa shape index (κ3) is 6.95. The lowest BCUT2D eigenvalue weighted by Crippen LogP contribution is -2.51. The Labute approximate surface area is 201 Å². The zero-order chi connectivity index (χ0) is 24.8. The van der Waals surface area contributed by atoms with Gasteiger partial charge in [-0.25, -0.2) is 8.42 Å². The minimum absolute atomic E-state index is 0.0500. The van der Waals surface area contributed by atoms with Gasteiger partial charge in [-0.3, -0.25) is 13.9 Å². The maximum absolute atomic E-state index is 13.5. The zero-order valence-corrected chi connectivity index (χ0v) is 21.3. The van der Waals surface area contributed by atoms with Crippen molar-refractivity contribution in [3.8, 4) is 0 Å². The minimum Gasteiger partial charge on any atom is -0.355 e. The smallest absolute Gasteiger partial charge is 0.244 e. The molecular weight excluding hydrogens is 462 g/mol. The van der Waals surface area contributed by atoms with Crippen LogP contribution in [0.15, 0.2) is 48.5 Å². The van der Waals surface area contributed by atoms with Gasteiger partial charge in [-0.15, -0.1) is 0 Å². The second-order valence-electron chi connectivity index (χ2n) is 8.17. The van der Waals surface area contributed by atoms with Gasteiger partial charge in [-0.1, -0.05) is 61.8 Å². The van der Waals surface area contributed by atoms with Crippen LogP contribution in [0.25, 0.3) is 0 Å². The van der Waals surface area contributed by atoms with Crippen molar-refractivity contribution in [1.29, 1.82) is 0 Å². The number of rotatable bonds is 10. The van der Waals surface area contributed by atoms with E-state index in [1.54, 1.807) is 50.2 Å². The molecule has 0 fully saturated rings. The summed E-state index contributed by atoms with van der Waals surface area (Å²) in [6, 6.07) is 13.3. The molecule has 0 aliphatic heterocycles. The Morgan fingerprint density at radius 1 is 1.03 bits per heavy atom. The SMILES string of the molecule is CCNC(=O)C(C)N(Cc1ccccc1Cl)C(=O)CN(c1ccccc1C(C)C)S(C)(=O)=O. The van der Waals surface area contributed by atoms with E-state index >= 15 is 0 Å². The Bertz CT molecular complexity index is 1090.